The minimum atomic E-state index is 0.0358. The number of anilines is 1. The van der Waals surface area contributed by atoms with Crippen LogP contribution in [0.25, 0.3) is 0 Å². The number of nitrogens with two attached hydrogens (primary N) is 1. The van der Waals surface area contributed by atoms with Crippen molar-refractivity contribution in [3.8, 4) is 0 Å². The number of benzene rings is 1. The van der Waals surface area contributed by atoms with Crippen molar-refractivity contribution < 1.29 is 4.79 Å². The molecule has 21 heavy (non-hydrogen) atoms. The molecule has 1 heterocycles. The van der Waals surface area contributed by atoms with E-state index in [2.05, 4.69) is 17.1 Å². The van der Waals surface area contributed by atoms with E-state index in [1.54, 1.807) is 0 Å². The SMILES string of the molecule is CC1CCN(CCC(=O)Nc2cccc(C(N)=S)c2)CC1. The van der Waals surface area contributed by atoms with Gasteiger partial charge in [0.2, 0.25) is 5.91 Å². The maximum atomic E-state index is 12.0. The number of piperidine rings is 1. The fraction of sp³-hybridized carbons (Fsp3) is 0.500. The third kappa shape index (κ3) is 5.10. The fourth-order valence-corrected chi connectivity index (χ4v) is 2.65. The maximum absolute atomic E-state index is 12.0. The summed E-state index contributed by atoms with van der Waals surface area (Å²) in [6.45, 7) is 5.32. The topological polar surface area (TPSA) is 58.4 Å². The van der Waals surface area contributed by atoms with Gasteiger partial charge in [0.25, 0.3) is 0 Å². The van der Waals surface area contributed by atoms with Crippen LogP contribution in [0.15, 0.2) is 24.3 Å². The molecule has 3 N–H and O–H groups in total. The van der Waals surface area contributed by atoms with Crippen molar-refractivity contribution in [1.29, 1.82) is 0 Å². The zero-order chi connectivity index (χ0) is 15.2. The van der Waals surface area contributed by atoms with Crippen molar-refractivity contribution in [2.75, 3.05) is 25.0 Å². The number of nitrogens with zero attached hydrogens (tertiary/aromatic N) is 1. The number of nitrogens with one attached hydrogen (secondary N) is 1. The molecule has 5 heteroatoms. The van der Waals surface area contributed by atoms with Crippen molar-refractivity contribution in [3.63, 3.8) is 0 Å². The lowest BCUT2D eigenvalue weighted by Gasteiger charge is -2.29. The second kappa shape index (κ2) is 7.52. The molecule has 0 bridgehead atoms. The Morgan fingerprint density at radius 3 is 2.81 bits per heavy atom. The first-order valence-electron chi connectivity index (χ1n) is 7.46. The predicted molar refractivity (Wildman–Crippen MR) is 90.4 cm³/mol. The van der Waals surface area contributed by atoms with Crippen LogP contribution in [-0.2, 0) is 4.79 Å². The molecule has 2 rings (SSSR count). The highest BCUT2D eigenvalue weighted by atomic mass is 32.1. The molecule has 1 aromatic carbocycles. The average molecular weight is 305 g/mol. The van der Waals surface area contributed by atoms with Gasteiger partial charge in [-0.1, -0.05) is 31.3 Å². The standard InChI is InChI=1S/C16H23N3OS/c1-12-5-8-19(9-6-12)10-7-15(20)18-14-4-2-3-13(11-14)16(17)21/h2-4,11-12H,5-10H2,1H3,(H2,17,21)(H,18,20). The molecule has 114 valence electrons. The van der Waals surface area contributed by atoms with Crippen LogP contribution >= 0.6 is 12.2 Å². The Morgan fingerprint density at radius 2 is 2.14 bits per heavy atom. The van der Waals surface area contributed by atoms with Gasteiger partial charge < -0.3 is 16.0 Å². The lowest BCUT2D eigenvalue weighted by atomic mass is 9.99. The van der Waals surface area contributed by atoms with Crippen LogP contribution < -0.4 is 11.1 Å². The van der Waals surface area contributed by atoms with Gasteiger partial charge in [-0.2, -0.15) is 0 Å². The van der Waals surface area contributed by atoms with Gasteiger partial charge in [0.1, 0.15) is 4.99 Å². The number of hydrogen-bond donors (Lipinski definition) is 2. The van der Waals surface area contributed by atoms with E-state index in [0.29, 0.717) is 11.4 Å². The highest BCUT2D eigenvalue weighted by Crippen LogP contribution is 2.16. The molecule has 0 aromatic heterocycles. The van der Waals surface area contributed by atoms with Crippen molar-refractivity contribution in [2.24, 2.45) is 11.7 Å². The smallest absolute Gasteiger partial charge is 0.225 e. The molecule has 4 nitrogen and oxygen atoms in total. The van der Waals surface area contributed by atoms with E-state index in [4.69, 9.17) is 18.0 Å². The van der Waals surface area contributed by atoms with Gasteiger partial charge in [-0.25, -0.2) is 0 Å². The van der Waals surface area contributed by atoms with Crippen LogP contribution in [0.4, 0.5) is 5.69 Å². The van der Waals surface area contributed by atoms with Crippen molar-refractivity contribution in [3.05, 3.63) is 29.8 Å². The first kappa shape index (κ1) is 15.9. The summed E-state index contributed by atoms with van der Waals surface area (Å²) in [6, 6.07) is 7.34. The predicted octanol–water partition coefficient (Wildman–Crippen LogP) is 2.38. The zero-order valence-corrected chi connectivity index (χ0v) is 13.3. The molecular weight excluding hydrogens is 282 g/mol. The summed E-state index contributed by atoms with van der Waals surface area (Å²) in [5, 5.41) is 2.90. The van der Waals surface area contributed by atoms with Crippen LogP contribution in [-0.4, -0.2) is 35.4 Å². The lowest BCUT2D eigenvalue weighted by Crippen LogP contribution is -2.35. The summed E-state index contributed by atoms with van der Waals surface area (Å²) in [5.41, 5.74) is 7.11. The molecule has 0 unspecified atom stereocenters. The van der Waals surface area contributed by atoms with E-state index in [0.717, 1.165) is 36.8 Å². The first-order chi connectivity index (χ1) is 10.0. The van der Waals surface area contributed by atoms with Crippen LogP contribution in [0.1, 0.15) is 31.7 Å². The molecule has 0 atom stereocenters. The second-order valence-electron chi connectivity index (χ2n) is 5.77. The Morgan fingerprint density at radius 1 is 1.43 bits per heavy atom. The van der Waals surface area contributed by atoms with E-state index < -0.39 is 0 Å². The van der Waals surface area contributed by atoms with E-state index in [-0.39, 0.29) is 5.91 Å². The molecule has 1 aromatic rings. The van der Waals surface area contributed by atoms with Crippen molar-refractivity contribution >= 4 is 28.8 Å². The normalized spacial score (nSPS) is 16.6. The molecule has 1 aliphatic heterocycles. The molecule has 1 saturated heterocycles. The van der Waals surface area contributed by atoms with Crippen LogP contribution in [0, 0.1) is 5.92 Å². The quantitative estimate of drug-likeness (QED) is 0.820. The van der Waals surface area contributed by atoms with Crippen LogP contribution in [0.3, 0.4) is 0 Å². The molecule has 1 aliphatic rings. The Bertz CT molecular complexity index is 510. The second-order valence-corrected chi connectivity index (χ2v) is 6.21. The molecule has 0 radical (unpaired) electrons. The number of rotatable bonds is 5. The largest absolute Gasteiger partial charge is 0.389 e. The van der Waals surface area contributed by atoms with Gasteiger partial charge in [-0.3, -0.25) is 4.79 Å². The van der Waals surface area contributed by atoms with Crippen LogP contribution in [0.5, 0.6) is 0 Å². The molecular formula is C16H23N3OS. The number of likely N-dealkylation sites (tertiary alicyclic amines) is 1. The Kier molecular flexibility index (Phi) is 5.70. The summed E-state index contributed by atoms with van der Waals surface area (Å²) >= 11 is 4.94. The lowest BCUT2D eigenvalue weighted by molar-refractivity contribution is -0.116. The Hall–Kier alpha value is -1.46. The van der Waals surface area contributed by atoms with Crippen LogP contribution in [0.2, 0.25) is 0 Å². The third-order valence-electron chi connectivity index (χ3n) is 3.96. The Balaban J connectivity index is 1.79. The summed E-state index contributed by atoms with van der Waals surface area (Å²) in [6.07, 6.45) is 2.99. The van der Waals surface area contributed by atoms with Gasteiger partial charge in [-0.05, 0) is 44.0 Å². The van der Waals surface area contributed by atoms with E-state index in [1.165, 1.54) is 12.8 Å². The number of hydrogen-bond acceptors (Lipinski definition) is 3. The number of thiocarbonyl (C=S) groups is 1. The van der Waals surface area contributed by atoms with Gasteiger partial charge in [0, 0.05) is 24.2 Å². The molecule has 1 fully saturated rings. The Labute approximate surface area is 131 Å². The van der Waals surface area contributed by atoms with Gasteiger partial charge in [0.15, 0.2) is 0 Å². The minimum absolute atomic E-state index is 0.0358. The fourth-order valence-electron chi connectivity index (χ4n) is 2.52. The summed E-state index contributed by atoms with van der Waals surface area (Å²) in [4.78, 5) is 14.7. The highest BCUT2D eigenvalue weighted by Gasteiger charge is 2.16. The molecule has 0 aliphatic carbocycles. The minimum Gasteiger partial charge on any atom is -0.389 e. The first-order valence-corrected chi connectivity index (χ1v) is 7.87. The zero-order valence-electron chi connectivity index (χ0n) is 12.5. The molecule has 0 saturated carbocycles. The highest BCUT2D eigenvalue weighted by molar-refractivity contribution is 7.80. The molecule has 1 amide bonds. The average Bonchev–Trinajstić information content (AvgIpc) is 2.47. The van der Waals surface area contributed by atoms with E-state index in [9.17, 15) is 4.79 Å². The monoisotopic (exact) mass is 305 g/mol. The van der Waals surface area contributed by atoms with E-state index >= 15 is 0 Å². The molecule has 0 spiro atoms. The number of carbonyl (C=O) groups is 1. The van der Waals surface area contributed by atoms with Gasteiger partial charge in [-0.15, -0.1) is 0 Å². The summed E-state index contributed by atoms with van der Waals surface area (Å²) in [5.74, 6) is 0.853. The summed E-state index contributed by atoms with van der Waals surface area (Å²) < 4.78 is 0. The maximum Gasteiger partial charge on any atom is 0.225 e. The number of carbonyl (C=O) groups excluding carboxylic acids is 1. The van der Waals surface area contributed by atoms with E-state index in [1.807, 2.05) is 24.3 Å². The van der Waals surface area contributed by atoms with Gasteiger partial charge >= 0.3 is 0 Å². The summed E-state index contributed by atoms with van der Waals surface area (Å²) in [7, 11) is 0. The third-order valence-corrected chi connectivity index (χ3v) is 4.20. The van der Waals surface area contributed by atoms with Crippen molar-refractivity contribution in [1.82, 2.24) is 4.90 Å². The van der Waals surface area contributed by atoms with Crippen molar-refractivity contribution in [2.45, 2.75) is 26.2 Å². The van der Waals surface area contributed by atoms with Gasteiger partial charge in [0.05, 0.1) is 0 Å². The number of amides is 1.